The second-order valence-electron chi connectivity index (χ2n) is 2.11. The summed E-state index contributed by atoms with van der Waals surface area (Å²) in [6.45, 7) is 0.468. The summed E-state index contributed by atoms with van der Waals surface area (Å²) in [4.78, 5) is 3.86. The molecule has 0 unspecified atom stereocenters. The van der Waals surface area contributed by atoms with Gasteiger partial charge in [0.15, 0.2) is 0 Å². The Bertz CT molecular complexity index is 252. The van der Waals surface area contributed by atoms with Gasteiger partial charge in [0.05, 0.1) is 6.61 Å². The van der Waals surface area contributed by atoms with E-state index in [1.54, 1.807) is 19.2 Å². The van der Waals surface area contributed by atoms with Crippen LogP contribution in [0.3, 0.4) is 0 Å². The third-order valence-electron chi connectivity index (χ3n) is 1.28. The van der Waals surface area contributed by atoms with Gasteiger partial charge in [-0.05, 0) is 12.1 Å². The number of ether oxygens (including phenoxy) is 1. The number of aromatic nitrogens is 1. The number of nitrogens with two attached hydrogens (primary N) is 1. The number of nitrogen functional groups attached to an aromatic ring is 1. The van der Waals surface area contributed by atoms with Crippen LogP contribution in [0.1, 0.15) is 5.56 Å². The van der Waals surface area contributed by atoms with Gasteiger partial charge in [-0.15, -0.1) is 0 Å². The molecule has 0 radical (unpaired) electrons. The van der Waals surface area contributed by atoms with Crippen LogP contribution in [0.15, 0.2) is 12.1 Å². The Kier molecular flexibility index (Phi) is 2.68. The SMILES string of the molecule is COCc1ccc(Cl)nc1N. The summed E-state index contributed by atoms with van der Waals surface area (Å²) in [6, 6.07) is 3.49. The molecule has 4 heteroatoms. The maximum Gasteiger partial charge on any atom is 0.131 e. The molecule has 11 heavy (non-hydrogen) atoms. The third-order valence-corrected chi connectivity index (χ3v) is 1.49. The molecule has 1 heterocycles. The number of rotatable bonds is 2. The molecule has 0 fully saturated rings. The number of anilines is 1. The van der Waals surface area contributed by atoms with E-state index in [0.717, 1.165) is 5.56 Å². The fourth-order valence-corrected chi connectivity index (χ4v) is 0.910. The fraction of sp³-hybridized carbons (Fsp3) is 0.286. The van der Waals surface area contributed by atoms with Crippen LogP contribution >= 0.6 is 11.6 Å². The minimum absolute atomic E-state index is 0.405. The largest absolute Gasteiger partial charge is 0.383 e. The van der Waals surface area contributed by atoms with Gasteiger partial charge in [0.2, 0.25) is 0 Å². The molecule has 1 aromatic heterocycles. The van der Waals surface area contributed by atoms with E-state index in [1.807, 2.05) is 0 Å². The molecular weight excluding hydrogens is 164 g/mol. The van der Waals surface area contributed by atoms with Gasteiger partial charge in [-0.2, -0.15) is 0 Å². The topological polar surface area (TPSA) is 48.1 Å². The number of methoxy groups -OCH3 is 1. The van der Waals surface area contributed by atoms with E-state index >= 15 is 0 Å². The first kappa shape index (κ1) is 8.30. The van der Waals surface area contributed by atoms with Gasteiger partial charge in [-0.25, -0.2) is 4.98 Å². The van der Waals surface area contributed by atoms with E-state index in [-0.39, 0.29) is 0 Å². The molecule has 1 rings (SSSR count). The van der Waals surface area contributed by atoms with Crippen LogP contribution in [0.2, 0.25) is 5.15 Å². The normalized spacial score (nSPS) is 10.0. The maximum absolute atomic E-state index is 5.59. The van der Waals surface area contributed by atoms with E-state index in [4.69, 9.17) is 22.1 Å². The number of hydrogen-bond acceptors (Lipinski definition) is 3. The zero-order valence-electron chi connectivity index (χ0n) is 6.17. The summed E-state index contributed by atoms with van der Waals surface area (Å²) in [5.74, 6) is 0.430. The van der Waals surface area contributed by atoms with E-state index in [9.17, 15) is 0 Å². The molecule has 1 aromatic rings. The molecule has 3 nitrogen and oxygen atoms in total. The Balaban J connectivity index is 2.90. The molecule has 0 bridgehead atoms. The number of pyridine rings is 1. The summed E-state index contributed by atoms with van der Waals surface area (Å²) in [6.07, 6.45) is 0. The summed E-state index contributed by atoms with van der Waals surface area (Å²) in [5.41, 5.74) is 6.39. The average Bonchev–Trinajstić information content (AvgIpc) is 1.95. The van der Waals surface area contributed by atoms with E-state index in [2.05, 4.69) is 4.98 Å². The zero-order chi connectivity index (χ0) is 8.27. The van der Waals surface area contributed by atoms with Crippen molar-refractivity contribution >= 4 is 17.4 Å². The smallest absolute Gasteiger partial charge is 0.131 e. The van der Waals surface area contributed by atoms with Crippen molar-refractivity contribution < 1.29 is 4.74 Å². The molecule has 0 saturated carbocycles. The van der Waals surface area contributed by atoms with Crippen molar-refractivity contribution in [3.8, 4) is 0 Å². The number of nitrogens with zero attached hydrogens (tertiary/aromatic N) is 1. The van der Waals surface area contributed by atoms with Gasteiger partial charge < -0.3 is 10.5 Å². The van der Waals surface area contributed by atoms with Gasteiger partial charge in [0.25, 0.3) is 0 Å². The van der Waals surface area contributed by atoms with Gasteiger partial charge >= 0.3 is 0 Å². The molecule has 0 aliphatic carbocycles. The van der Waals surface area contributed by atoms with E-state index < -0.39 is 0 Å². The lowest BCUT2D eigenvalue weighted by atomic mass is 10.3. The summed E-state index contributed by atoms with van der Waals surface area (Å²) >= 11 is 5.59. The molecule has 0 aliphatic heterocycles. The lowest BCUT2D eigenvalue weighted by molar-refractivity contribution is 0.185. The van der Waals surface area contributed by atoms with Gasteiger partial charge in [0.1, 0.15) is 11.0 Å². The Labute approximate surface area is 70.1 Å². The molecule has 0 amide bonds. The molecule has 0 spiro atoms. The van der Waals surface area contributed by atoms with Gasteiger partial charge in [0, 0.05) is 12.7 Å². The second-order valence-corrected chi connectivity index (χ2v) is 2.50. The molecule has 0 atom stereocenters. The van der Waals surface area contributed by atoms with Crippen LogP contribution in [0.5, 0.6) is 0 Å². The summed E-state index contributed by atoms with van der Waals surface area (Å²) in [7, 11) is 1.61. The monoisotopic (exact) mass is 172 g/mol. The highest BCUT2D eigenvalue weighted by Gasteiger charge is 1.99. The zero-order valence-corrected chi connectivity index (χ0v) is 6.93. The first-order valence-corrected chi connectivity index (χ1v) is 3.51. The van der Waals surface area contributed by atoms with Gasteiger partial charge in [-0.1, -0.05) is 11.6 Å². The molecule has 0 aliphatic rings. The lowest BCUT2D eigenvalue weighted by Crippen LogP contribution is -1.98. The first-order valence-electron chi connectivity index (χ1n) is 3.14. The Morgan fingerprint density at radius 1 is 1.64 bits per heavy atom. The summed E-state index contributed by atoms with van der Waals surface area (Å²) in [5, 5.41) is 0.405. The summed E-state index contributed by atoms with van der Waals surface area (Å²) < 4.78 is 4.89. The quantitative estimate of drug-likeness (QED) is 0.688. The van der Waals surface area contributed by atoms with E-state index in [1.165, 1.54) is 0 Å². The first-order chi connectivity index (χ1) is 5.24. The Morgan fingerprint density at radius 2 is 2.36 bits per heavy atom. The minimum Gasteiger partial charge on any atom is -0.383 e. The maximum atomic E-state index is 5.59. The van der Waals surface area contributed by atoms with Crippen LogP contribution in [-0.2, 0) is 11.3 Å². The molecule has 60 valence electrons. The minimum atomic E-state index is 0.405. The van der Waals surface area contributed by atoms with Crippen LogP contribution in [-0.4, -0.2) is 12.1 Å². The molecule has 2 N–H and O–H groups in total. The van der Waals surface area contributed by atoms with Crippen LogP contribution in [0.25, 0.3) is 0 Å². The average molecular weight is 173 g/mol. The van der Waals surface area contributed by atoms with Crippen molar-refractivity contribution in [2.75, 3.05) is 12.8 Å². The van der Waals surface area contributed by atoms with Crippen LogP contribution in [0.4, 0.5) is 5.82 Å². The molecular formula is C7H9ClN2O. The van der Waals surface area contributed by atoms with Crippen molar-refractivity contribution in [3.05, 3.63) is 22.8 Å². The second kappa shape index (κ2) is 3.55. The number of hydrogen-bond donors (Lipinski definition) is 1. The van der Waals surface area contributed by atoms with Gasteiger partial charge in [-0.3, -0.25) is 0 Å². The lowest BCUT2D eigenvalue weighted by Gasteiger charge is -2.02. The third kappa shape index (κ3) is 2.06. The van der Waals surface area contributed by atoms with Crippen molar-refractivity contribution in [2.24, 2.45) is 0 Å². The Morgan fingerprint density at radius 3 is 2.91 bits per heavy atom. The van der Waals surface area contributed by atoms with Crippen molar-refractivity contribution in [1.29, 1.82) is 0 Å². The predicted molar refractivity (Wildman–Crippen MR) is 44.4 cm³/mol. The highest BCUT2D eigenvalue weighted by atomic mass is 35.5. The van der Waals surface area contributed by atoms with Crippen LogP contribution < -0.4 is 5.73 Å². The van der Waals surface area contributed by atoms with Crippen molar-refractivity contribution in [3.63, 3.8) is 0 Å². The fourth-order valence-electron chi connectivity index (χ4n) is 0.756. The van der Waals surface area contributed by atoms with Crippen molar-refractivity contribution in [1.82, 2.24) is 4.98 Å². The standard InChI is InChI=1S/C7H9ClN2O/c1-11-4-5-2-3-6(8)10-7(5)9/h2-3H,4H2,1H3,(H2,9,10). The molecule has 0 aromatic carbocycles. The van der Waals surface area contributed by atoms with Crippen LogP contribution in [0, 0.1) is 0 Å². The molecule has 0 saturated heterocycles. The number of halogens is 1. The highest BCUT2D eigenvalue weighted by molar-refractivity contribution is 6.29. The Hall–Kier alpha value is -0.800. The van der Waals surface area contributed by atoms with Crippen molar-refractivity contribution in [2.45, 2.75) is 6.61 Å². The van der Waals surface area contributed by atoms with E-state index in [0.29, 0.717) is 17.6 Å². The highest BCUT2D eigenvalue weighted by Crippen LogP contribution is 2.13. The predicted octanol–water partition coefficient (Wildman–Crippen LogP) is 1.46.